The summed E-state index contributed by atoms with van der Waals surface area (Å²) in [5, 5.41) is 4.12. The van der Waals surface area contributed by atoms with Crippen molar-refractivity contribution in [1.82, 2.24) is 4.90 Å². The zero-order valence-electron chi connectivity index (χ0n) is 15.0. The average molecular weight is 460 g/mol. The molecule has 0 fully saturated rings. The third-order valence-electron chi connectivity index (χ3n) is 4.69. The van der Waals surface area contributed by atoms with E-state index in [0.717, 1.165) is 21.7 Å². The molecule has 0 radical (unpaired) electrons. The first-order valence-corrected chi connectivity index (χ1v) is 10.6. The highest BCUT2D eigenvalue weighted by molar-refractivity contribution is 9.10. The van der Waals surface area contributed by atoms with Crippen LogP contribution in [-0.2, 0) is 27.3 Å². The smallest absolute Gasteiger partial charge is 0.344 e. The van der Waals surface area contributed by atoms with E-state index in [4.69, 9.17) is 9.47 Å². The largest absolute Gasteiger partial charge is 0.481 e. The Hall–Kier alpha value is -2.38. The number of fused-ring (bicyclic) bond motifs is 2. The van der Waals surface area contributed by atoms with Gasteiger partial charge in [0.1, 0.15) is 5.75 Å². The van der Waals surface area contributed by atoms with E-state index in [9.17, 15) is 9.59 Å². The molecular formula is C21H18BrNO4S. The zero-order valence-corrected chi connectivity index (χ0v) is 17.4. The van der Waals surface area contributed by atoms with Crippen LogP contribution in [0.4, 0.5) is 0 Å². The molecule has 1 aromatic heterocycles. The molecule has 0 aliphatic carbocycles. The number of rotatable bonds is 5. The molecule has 0 saturated carbocycles. The third kappa shape index (κ3) is 4.05. The Morgan fingerprint density at radius 1 is 1.11 bits per heavy atom. The van der Waals surface area contributed by atoms with Crippen molar-refractivity contribution in [2.75, 3.05) is 19.8 Å². The second kappa shape index (κ2) is 8.32. The summed E-state index contributed by atoms with van der Waals surface area (Å²) in [6, 6.07) is 13.7. The SMILES string of the molecule is O=C(COc1ccc2ccccc2c1Br)OCC(=O)N1CCc2sccc2C1. The van der Waals surface area contributed by atoms with Gasteiger partial charge in [0.05, 0.1) is 4.47 Å². The second-order valence-corrected chi connectivity index (χ2v) is 8.28. The van der Waals surface area contributed by atoms with Gasteiger partial charge in [-0.15, -0.1) is 11.3 Å². The average Bonchev–Trinajstić information content (AvgIpc) is 3.19. The first-order chi connectivity index (χ1) is 13.6. The number of esters is 1. The van der Waals surface area contributed by atoms with E-state index in [-0.39, 0.29) is 19.1 Å². The number of hydrogen-bond acceptors (Lipinski definition) is 5. The summed E-state index contributed by atoms with van der Waals surface area (Å²) in [4.78, 5) is 27.4. The predicted octanol–water partition coefficient (Wildman–Crippen LogP) is 4.17. The molecule has 0 spiro atoms. The fourth-order valence-corrected chi connectivity index (χ4v) is 4.70. The van der Waals surface area contributed by atoms with E-state index < -0.39 is 5.97 Å². The van der Waals surface area contributed by atoms with Gasteiger partial charge in [-0.1, -0.05) is 30.3 Å². The van der Waals surface area contributed by atoms with Crippen LogP contribution >= 0.6 is 27.3 Å². The van der Waals surface area contributed by atoms with Crippen molar-refractivity contribution in [3.63, 3.8) is 0 Å². The van der Waals surface area contributed by atoms with Gasteiger partial charge in [-0.3, -0.25) is 4.79 Å². The summed E-state index contributed by atoms with van der Waals surface area (Å²) >= 11 is 5.24. The van der Waals surface area contributed by atoms with Gasteiger partial charge in [0.2, 0.25) is 0 Å². The molecule has 28 heavy (non-hydrogen) atoms. The number of ether oxygens (including phenoxy) is 2. The maximum Gasteiger partial charge on any atom is 0.344 e. The third-order valence-corrected chi connectivity index (χ3v) is 6.53. The van der Waals surface area contributed by atoms with E-state index in [0.29, 0.717) is 18.8 Å². The van der Waals surface area contributed by atoms with Crippen LogP contribution in [0.2, 0.25) is 0 Å². The maximum absolute atomic E-state index is 12.3. The summed E-state index contributed by atoms with van der Waals surface area (Å²) in [6.07, 6.45) is 0.853. The van der Waals surface area contributed by atoms with Gasteiger partial charge in [-0.25, -0.2) is 4.79 Å². The molecule has 0 saturated heterocycles. The maximum atomic E-state index is 12.3. The van der Waals surface area contributed by atoms with Crippen molar-refractivity contribution in [3.8, 4) is 5.75 Å². The monoisotopic (exact) mass is 459 g/mol. The van der Waals surface area contributed by atoms with E-state index >= 15 is 0 Å². The highest BCUT2D eigenvalue weighted by atomic mass is 79.9. The number of thiophene rings is 1. The van der Waals surface area contributed by atoms with Crippen LogP contribution in [0.15, 0.2) is 52.3 Å². The number of hydrogen-bond donors (Lipinski definition) is 0. The van der Waals surface area contributed by atoms with Crippen LogP contribution in [-0.4, -0.2) is 36.5 Å². The van der Waals surface area contributed by atoms with E-state index in [1.165, 1.54) is 10.4 Å². The molecule has 2 aromatic carbocycles. The van der Waals surface area contributed by atoms with E-state index in [1.54, 1.807) is 22.3 Å². The highest BCUT2D eigenvalue weighted by Gasteiger charge is 2.22. The summed E-state index contributed by atoms with van der Waals surface area (Å²) in [7, 11) is 0. The molecule has 1 aliphatic heterocycles. The first-order valence-electron chi connectivity index (χ1n) is 8.90. The molecule has 0 atom stereocenters. The molecule has 0 bridgehead atoms. The van der Waals surface area contributed by atoms with E-state index in [1.807, 2.05) is 41.8 Å². The Kier molecular flexibility index (Phi) is 5.64. The molecule has 7 heteroatoms. The van der Waals surface area contributed by atoms with Gasteiger partial charge < -0.3 is 14.4 Å². The molecule has 1 aliphatic rings. The lowest BCUT2D eigenvalue weighted by Gasteiger charge is -2.26. The van der Waals surface area contributed by atoms with Crippen molar-refractivity contribution >= 4 is 49.9 Å². The van der Waals surface area contributed by atoms with Gasteiger partial charge in [-0.2, -0.15) is 0 Å². The number of nitrogens with zero attached hydrogens (tertiary/aromatic N) is 1. The van der Waals surface area contributed by atoms with Gasteiger partial charge in [0, 0.05) is 18.0 Å². The highest BCUT2D eigenvalue weighted by Crippen LogP contribution is 2.33. The molecule has 0 N–H and O–H groups in total. The molecule has 5 nitrogen and oxygen atoms in total. The molecule has 0 unspecified atom stereocenters. The zero-order chi connectivity index (χ0) is 19.5. The van der Waals surface area contributed by atoms with Crippen LogP contribution in [0.3, 0.4) is 0 Å². The number of carbonyl (C=O) groups excluding carboxylic acids is 2. The fraction of sp³-hybridized carbons (Fsp3) is 0.238. The van der Waals surface area contributed by atoms with Crippen LogP contribution in [0.5, 0.6) is 5.75 Å². The van der Waals surface area contributed by atoms with Gasteiger partial charge >= 0.3 is 5.97 Å². The quantitative estimate of drug-likeness (QED) is 0.537. The molecular weight excluding hydrogens is 442 g/mol. The topological polar surface area (TPSA) is 55.8 Å². The van der Waals surface area contributed by atoms with Crippen LogP contribution in [0, 0.1) is 0 Å². The van der Waals surface area contributed by atoms with Crippen molar-refractivity contribution in [3.05, 3.63) is 62.8 Å². The van der Waals surface area contributed by atoms with Gasteiger partial charge in [0.25, 0.3) is 5.91 Å². The van der Waals surface area contributed by atoms with Gasteiger partial charge in [-0.05, 0) is 56.2 Å². The molecule has 2 heterocycles. The number of benzene rings is 2. The lowest BCUT2D eigenvalue weighted by atomic mass is 10.1. The number of amides is 1. The summed E-state index contributed by atoms with van der Waals surface area (Å²) in [6.45, 7) is 0.722. The summed E-state index contributed by atoms with van der Waals surface area (Å²) < 4.78 is 11.5. The second-order valence-electron chi connectivity index (χ2n) is 6.48. The first kappa shape index (κ1) is 19.0. The predicted molar refractivity (Wildman–Crippen MR) is 112 cm³/mol. The Labute approximate surface area is 175 Å². The van der Waals surface area contributed by atoms with Crippen molar-refractivity contribution in [2.24, 2.45) is 0 Å². The lowest BCUT2D eigenvalue weighted by molar-refractivity contribution is -0.154. The van der Waals surface area contributed by atoms with Crippen LogP contribution in [0.1, 0.15) is 10.4 Å². The minimum Gasteiger partial charge on any atom is -0.481 e. The summed E-state index contributed by atoms with van der Waals surface area (Å²) in [5.41, 5.74) is 1.18. The standard InChI is InChI=1S/C21H18BrNO4S/c22-21-16-4-2-1-3-14(16)5-6-17(21)26-13-20(25)27-12-19(24)23-9-7-18-15(11-23)8-10-28-18/h1-6,8,10H,7,9,11-13H2. The Morgan fingerprint density at radius 3 is 2.86 bits per heavy atom. The Bertz CT molecular complexity index is 1030. The van der Waals surface area contributed by atoms with Crippen molar-refractivity contribution < 1.29 is 19.1 Å². The van der Waals surface area contributed by atoms with Crippen LogP contribution < -0.4 is 4.74 Å². The summed E-state index contributed by atoms with van der Waals surface area (Å²) in [5.74, 6) is -0.193. The fourth-order valence-electron chi connectivity index (χ4n) is 3.20. The van der Waals surface area contributed by atoms with E-state index in [2.05, 4.69) is 15.9 Å². The minimum atomic E-state index is -0.568. The molecule has 4 rings (SSSR count). The minimum absolute atomic E-state index is 0.183. The number of halogens is 1. The Balaban J connectivity index is 1.28. The van der Waals surface area contributed by atoms with Crippen LogP contribution in [0.25, 0.3) is 10.8 Å². The van der Waals surface area contributed by atoms with Crippen molar-refractivity contribution in [2.45, 2.75) is 13.0 Å². The Morgan fingerprint density at radius 2 is 1.96 bits per heavy atom. The lowest BCUT2D eigenvalue weighted by Crippen LogP contribution is -2.38. The molecule has 144 valence electrons. The normalized spacial score (nSPS) is 13.2. The van der Waals surface area contributed by atoms with Crippen molar-refractivity contribution in [1.29, 1.82) is 0 Å². The molecule has 3 aromatic rings. The molecule has 1 amide bonds. The van der Waals surface area contributed by atoms with Gasteiger partial charge in [0.15, 0.2) is 13.2 Å². The number of carbonyl (C=O) groups is 2.